The minimum atomic E-state index is 0.244. The first kappa shape index (κ1) is 29.1. The van der Waals surface area contributed by atoms with Crippen molar-refractivity contribution >= 4 is 50.1 Å². The standard InChI is InChI=1S/C42H40IN/c1-28(26-43)24-32(27-44)30-14-9-15-31(25-30)41-37-16-5-7-18-39(37)42(40-19-8-6-17-38(40)41)36-23-11-21-34-33(20-10-22-35(34)36)29-12-3-2-4-13-29/h5-11,14-25,27,29,37,39H,2-4,12-13,26,44H2,1H3/b28-24-,32-27+. The van der Waals surface area contributed by atoms with Crippen molar-refractivity contribution in [3.05, 3.63) is 160 Å². The molecule has 0 spiro atoms. The minimum Gasteiger partial charge on any atom is -0.404 e. The van der Waals surface area contributed by atoms with Crippen molar-refractivity contribution in [3.8, 4) is 0 Å². The molecule has 3 aliphatic rings. The van der Waals surface area contributed by atoms with Crippen LogP contribution in [-0.4, -0.2) is 4.43 Å². The highest BCUT2D eigenvalue weighted by atomic mass is 127. The topological polar surface area (TPSA) is 26.0 Å². The monoisotopic (exact) mass is 685 g/mol. The van der Waals surface area contributed by atoms with E-state index in [1.54, 1.807) is 11.8 Å². The number of allylic oxidation sites excluding steroid dienone is 7. The summed E-state index contributed by atoms with van der Waals surface area (Å²) in [6, 6.07) is 32.2. The maximum atomic E-state index is 6.17. The second kappa shape index (κ2) is 12.8. The zero-order valence-corrected chi connectivity index (χ0v) is 27.6. The molecule has 4 aromatic rings. The van der Waals surface area contributed by atoms with Crippen molar-refractivity contribution in [3.63, 3.8) is 0 Å². The molecule has 3 aliphatic carbocycles. The number of benzene rings is 4. The Labute approximate surface area is 275 Å². The van der Waals surface area contributed by atoms with E-state index in [4.69, 9.17) is 5.73 Å². The van der Waals surface area contributed by atoms with Crippen molar-refractivity contribution in [2.24, 2.45) is 17.6 Å². The van der Waals surface area contributed by atoms with Crippen molar-refractivity contribution in [1.82, 2.24) is 0 Å². The molecule has 0 aliphatic heterocycles. The summed E-state index contributed by atoms with van der Waals surface area (Å²) in [4.78, 5) is 0. The molecule has 0 radical (unpaired) electrons. The quantitative estimate of drug-likeness (QED) is 0.122. The van der Waals surface area contributed by atoms with Gasteiger partial charge in [-0.2, -0.15) is 0 Å². The van der Waals surface area contributed by atoms with Crippen molar-refractivity contribution in [2.75, 3.05) is 4.43 Å². The van der Waals surface area contributed by atoms with E-state index in [9.17, 15) is 0 Å². The van der Waals surface area contributed by atoms with Gasteiger partial charge in [0.2, 0.25) is 0 Å². The van der Waals surface area contributed by atoms with Gasteiger partial charge in [-0.25, -0.2) is 0 Å². The first-order valence-corrected chi connectivity index (χ1v) is 17.7. The summed E-state index contributed by atoms with van der Waals surface area (Å²) >= 11 is 2.41. The Morgan fingerprint density at radius 3 is 2.20 bits per heavy atom. The molecule has 7 rings (SSSR count). The lowest BCUT2D eigenvalue weighted by Crippen LogP contribution is -2.40. The molecule has 1 saturated carbocycles. The number of hydrogen-bond donors (Lipinski definition) is 1. The van der Waals surface area contributed by atoms with E-state index in [0.717, 1.165) is 15.6 Å². The highest BCUT2D eigenvalue weighted by Crippen LogP contribution is 2.43. The highest BCUT2D eigenvalue weighted by molar-refractivity contribution is 14.1. The Hall–Kier alpha value is -3.63. The average Bonchev–Trinajstić information content (AvgIpc) is 3.09. The number of hydrogen-bond acceptors (Lipinski definition) is 1. The van der Waals surface area contributed by atoms with Crippen LogP contribution in [-0.2, 0) is 0 Å². The van der Waals surface area contributed by atoms with Gasteiger partial charge in [-0.05, 0) is 91.9 Å². The Morgan fingerprint density at radius 2 is 1.45 bits per heavy atom. The number of alkyl halides is 1. The Kier molecular flexibility index (Phi) is 8.45. The van der Waals surface area contributed by atoms with Crippen molar-refractivity contribution in [2.45, 2.75) is 44.9 Å². The predicted molar refractivity (Wildman–Crippen MR) is 197 cm³/mol. The molecule has 2 heteroatoms. The molecule has 2 N–H and O–H groups in total. The van der Waals surface area contributed by atoms with E-state index in [2.05, 4.69) is 145 Å². The van der Waals surface area contributed by atoms with Crippen LogP contribution in [0.4, 0.5) is 0 Å². The fourth-order valence-electron chi connectivity index (χ4n) is 7.88. The number of rotatable bonds is 6. The Balaban J connectivity index is 1.48. The van der Waals surface area contributed by atoms with Crippen LogP contribution in [0.3, 0.4) is 0 Å². The maximum Gasteiger partial charge on any atom is 0.0206 e. The molecule has 1 fully saturated rings. The maximum absolute atomic E-state index is 6.17. The summed E-state index contributed by atoms with van der Waals surface area (Å²) < 4.78 is 0.982. The van der Waals surface area contributed by atoms with Gasteiger partial charge in [0.25, 0.3) is 0 Å². The van der Waals surface area contributed by atoms with Gasteiger partial charge in [-0.3, -0.25) is 0 Å². The summed E-state index contributed by atoms with van der Waals surface area (Å²) in [5.74, 6) is 1.17. The molecule has 0 amide bonds. The van der Waals surface area contributed by atoms with Crippen LogP contribution in [0.15, 0.2) is 127 Å². The van der Waals surface area contributed by atoms with E-state index in [0.29, 0.717) is 5.92 Å². The van der Waals surface area contributed by atoms with Gasteiger partial charge >= 0.3 is 0 Å². The van der Waals surface area contributed by atoms with Crippen molar-refractivity contribution < 1.29 is 0 Å². The van der Waals surface area contributed by atoms with Gasteiger partial charge in [-0.15, -0.1) is 0 Å². The third-order valence-electron chi connectivity index (χ3n) is 9.90. The van der Waals surface area contributed by atoms with E-state index < -0.39 is 0 Å². The molecule has 2 unspecified atom stereocenters. The van der Waals surface area contributed by atoms with Gasteiger partial charge in [-0.1, -0.05) is 157 Å². The van der Waals surface area contributed by atoms with Crippen molar-refractivity contribution in [1.29, 1.82) is 0 Å². The fourth-order valence-corrected chi connectivity index (χ4v) is 8.10. The van der Waals surface area contributed by atoms with Crippen LogP contribution >= 0.6 is 22.6 Å². The number of halogens is 1. The molecule has 0 bridgehead atoms. The number of nitrogens with two attached hydrogens (primary N) is 1. The van der Waals surface area contributed by atoms with Crippen LogP contribution in [0.1, 0.15) is 67.2 Å². The third-order valence-corrected chi connectivity index (χ3v) is 11.1. The molecule has 4 aromatic carbocycles. The largest absolute Gasteiger partial charge is 0.404 e. The minimum absolute atomic E-state index is 0.244. The molecular weight excluding hydrogens is 645 g/mol. The van der Waals surface area contributed by atoms with Crippen LogP contribution in [0.5, 0.6) is 0 Å². The Bertz CT molecular complexity index is 1960. The summed E-state index contributed by atoms with van der Waals surface area (Å²) in [5, 5.41) is 5.51. The molecule has 2 atom stereocenters. The normalized spacial score (nSPS) is 20.6. The average molecular weight is 686 g/mol. The molecule has 0 heterocycles. The van der Waals surface area contributed by atoms with Gasteiger partial charge < -0.3 is 5.73 Å². The molecule has 0 saturated heterocycles. The molecule has 220 valence electrons. The second-order valence-corrected chi connectivity index (χ2v) is 13.4. The summed E-state index contributed by atoms with van der Waals surface area (Å²) in [5.41, 5.74) is 16.7. The van der Waals surface area contributed by atoms with E-state index in [1.807, 2.05) is 0 Å². The summed E-state index contributed by atoms with van der Waals surface area (Å²) in [6.07, 6.45) is 20.0. The van der Waals surface area contributed by atoms with Gasteiger partial charge in [0.15, 0.2) is 0 Å². The zero-order chi connectivity index (χ0) is 30.0. The first-order valence-electron chi connectivity index (χ1n) is 16.1. The third kappa shape index (κ3) is 5.32. The smallest absolute Gasteiger partial charge is 0.0206 e. The summed E-state index contributed by atoms with van der Waals surface area (Å²) in [6.45, 7) is 2.17. The molecule has 44 heavy (non-hydrogen) atoms. The van der Waals surface area contributed by atoms with Crippen LogP contribution in [0.25, 0.3) is 27.5 Å². The first-order chi connectivity index (χ1) is 21.7. The lowest BCUT2D eigenvalue weighted by Gasteiger charge is -2.34. The van der Waals surface area contributed by atoms with Crippen LogP contribution in [0.2, 0.25) is 0 Å². The Morgan fingerprint density at radius 1 is 0.773 bits per heavy atom. The SMILES string of the molecule is C/C(=C/C(=C\N)c1cccc(C2=c3ccccc3=C(c3cccc4c(C5CCCCC5)cccc34)C3C=CC=CC23)c1)CI. The molecular formula is C42H40IN. The second-order valence-electron chi connectivity index (χ2n) is 12.6. The van der Waals surface area contributed by atoms with E-state index in [-0.39, 0.29) is 11.8 Å². The van der Waals surface area contributed by atoms with Gasteiger partial charge in [0, 0.05) is 22.5 Å². The van der Waals surface area contributed by atoms with Crippen LogP contribution in [0, 0.1) is 11.8 Å². The lowest BCUT2D eigenvalue weighted by atomic mass is 9.69. The number of fused-ring (bicyclic) bond motifs is 3. The predicted octanol–water partition coefficient (Wildman–Crippen LogP) is 9.34. The fraction of sp³-hybridized carbons (Fsp3) is 0.238. The van der Waals surface area contributed by atoms with E-state index in [1.165, 1.54) is 81.2 Å². The van der Waals surface area contributed by atoms with Crippen LogP contribution < -0.4 is 16.2 Å². The van der Waals surface area contributed by atoms with Gasteiger partial charge in [0.05, 0.1) is 0 Å². The van der Waals surface area contributed by atoms with Gasteiger partial charge in [0.1, 0.15) is 0 Å². The zero-order valence-electron chi connectivity index (χ0n) is 25.5. The molecule has 0 aromatic heterocycles. The van der Waals surface area contributed by atoms with E-state index >= 15 is 0 Å². The lowest BCUT2D eigenvalue weighted by molar-refractivity contribution is 0.445. The molecule has 1 nitrogen and oxygen atoms in total. The highest BCUT2D eigenvalue weighted by Gasteiger charge is 2.32. The summed E-state index contributed by atoms with van der Waals surface area (Å²) in [7, 11) is 0.